The molecule has 2 N–H and O–H groups in total. The van der Waals surface area contributed by atoms with Crippen LogP contribution in [0.15, 0.2) is 4.99 Å². The van der Waals surface area contributed by atoms with Crippen molar-refractivity contribution in [1.82, 2.24) is 15.5 Å². The highest BCUT2D eigenvalue weighted by atomic mass is 32.2. The van der Waals surface area contributed by atoms with Crippen LogP contribution in [0.4, 0.5) is 0 Å². The molecule has 0 saturated heterocycles. The van der Waals surface area contributed by atoms with Crippen LogP contribution < -0.4 is 10.6 Å². The molecule has 0 aromatic carbocycles. The summed E-state index contributed by atoms with van der Waals surface area (Å²) in [5.41, 5.74) is 0. The normalized spacial score (nSPS) is 23.9. The number of hydrogen-bond donors (Lipinski definition) is 2. The Labute approximate surface area is 120 Å². The second-order valence-electron chi connectivity index (χ2n) is 5.08. The summed E-state index contributed by atoms with van der Waals surface area (Å²) in [4.78, 5) is 17.3. The monoisotopic (exact) mass is 286 g/mol. The van der Waals surface area contributed by atoms with E-state index < -0.39 is 0 Å². The fraction of sp³-hybridized carbons (Fsp3) is 0.846. The van der Waals surface area contributed by atoms with Gasteiger partial charge < -0.3 is 15.5 Å². The molecule has 110 valence electrons. The molecular weight excluding hydrogens is 260 g/mol. The standard InChI is InChI=1S/C13H26N4OS/c1-14-13(15-9-12(18)17(2)3)16-10-6-5-7-11(8-10)19-4/h10-11H,5-9H2,1-4H3,(H2,14,15,16). The maximum Gasteiger partial charge on any atom is 0.241 e. The molecule has 1 fully saturated rings. The Bertz CT molecular complexity index is 320. The minimum absolute atomic E-state index is 0.0496. The van der Waals surface area contributed by atoms with Crippen molar-refractivity contribution in [3.63, 3.8) is 0 Å². The fourth-order valence-electron chi connectivity index (χ4n) is 2.20. The summed E-state index contributed by atoms with van der Waals surface area (Å²) in [5, 5.41) is 7.23. The average Bonchev–Trinajstić information content (AvgIpc) is 2.43. The SMILES string of the molecule is CN=C(NCC(=O)N(C)C)NC1CCCC(SC)C1. The Morgan fingerprint density at radius 3 is 2.74 bits per heavy atom. The van der Waals surface area contributed by atoms with Gasteiger partial charge in [-0.05, 0) is 25.5 Å². The summed E-state index contributed by atoms with van der Waals surface area (Å²) >= 11 is 1.95. The van der Waals surface area contributed by atoms with Crippen LogP contribution in [0.1, 0.15) is 25.7 Å². The van der Waals surface area contributed by atoms with Gasteiger partial charge >= 0.3 is 0 Å². The Morgan fingerprint density at radius 1 is 1.42 bits per heavy atom. The van der Waals surface area contributed by atoms with Crippen molar-refractivity contribution in [2.45, 2.75) is 37.0 Å². The van der Waals surface area contributed by atoms with Gasteiger partial charge in [0.1, 0.15) is 0 Å². The van der Waals surface area contributed by atoms with Crippen LogP contribution in [0, 0.1) is 0 Å². The third kappa shape index (κ3) is 5.72. The summed E-state index contributed by atoms with van der Waals surface area (Å²) in [6.07, 6.45) is 7.10. The van der Waals surface area contributed by atoms with Crippen molar-refractivity contribution in [3.8, 4) is 0 Å². The molecule has 1 amide bonds. The minimum Gasteiger partial charge on any atom is -0.354 e. The van der Waals surface area contributed by atoms with Gasteiger partial charge in [0.15, 0.2) is 5.96 Å². The molecule has 1 aliphatic rings. The number of nitrogens with zero attached hydrogens (tertiary/aromatic N) is 2. The van der Waals surface area contributed by atoms with Crippen molar-refractivity contribution in [3.05, 3.63) is 0 Å². The van der Waals surface area contributed by atoms with Crippen molar-refractivity contribution >= 4 is 23.6 Å². The molecule has 1 saturated carbocycles. The van der Waals surface area contributed by atoms with Crippen molar-refractivity contribution < 1.29 is 4.79 Å². The maximum absolute atomic E-state index is 11.5. The number of likely N-dealkylation sites (N-methyl/N-ethyl adjacent to an activating group) is 1. The summed E-state index contributed by atoms with van der Waals surface area (Å²) in [6, 6.07) is 0.465. The van der Waals surface area contributed by atoms with Crippen LogP contribution in [0.2, 0.25) is 0 Å². The number of carbonyl (C=O) groups is 1. The highest BCUT2D eigenvalue weighted by Crippen LogP contribution is 2.26. The van der Waals surface area contributed by atoms with Gasteiger partial charge in [-0.25, -0.2) is 0 Å². The van der Waals surface area contributed by atoms with E-state index in [1.807, 2.05) is 11.8 Å². The van der Waals surface area contributed by atoms with E-state index in [0.717, 1.165) is 11.2 Å². The van der Waals surface area contributed by atoms with Crippen molar-refractivity contribution in [2.24, 2.45) is 4.99 Å². The van der Waals surface area contributed by atoms with Crippen LogP contribution in [0.25, 0.3) is 0 Å². The first kappa shape index (κ1) is 16.1. The zero-order valence-corrected chi connectivity index (χ0v) is 13.2. The quantitative estimate of drug-likeness (QED) is 0.596. The van der Waals surface area contributed by atoms with Gasteiger partial charge in [-0.3, -0.25) is 9.79 Å². The lowest BCUT2D eigenvalue weighted by molar-refractivity contribution is -0.127. The minimum atomic E-state index is 0.0496. The second-order valence-corrected chi connectivity index (χ2v) is 6.22. The first-order valence-electron chi connectivity index (χ1n) is 6.77. The van der Waals surface area contributed by atoms with Crippen LogP contribution in [0.3, 0.4) is 0 Å². The van der Waals surface area contributed by atoms with Gasteiger partial charge in [0.25, 0.3) is 0 Å². The molecule has 1 rings (SSSR count). The molecule has 0 aromatic rings. The smallest absolute Gasteiger partial charge is 0.241 e. The fourth-order valence-corrected chi connectivity index (χ4v) is 3.02. The van der Waals surface area contributed by atoms with Gasteiger partial charge in [0.05, 0.1) is 6.54 Å². The van der Waals surface area contributed by atoms with Crippen LogP contribution >= 0.6 is 11.8 Å². The Balaban J connectivity index is 2.38. The Morgan fingerprint density at radius 2 is 2.16 bits per heavy atom. The van der Waals surface area contributed by atoms with Gasteiger partial charge in [-0.15, -0.1) is 0 Å². The highest BCUT2D eigenvalue weighted by Gasteiger charge is 2.22. The molecule has 19 heavy (non-hydrogen) atoms. The number of rotatable bonds is 4. The predicted molar refractivity (Wildman–Crippen MR) is 82.8 cm³/mol. The van der Waals surface area contributed by atoms with Crippen LogP contribution in [0.5, 0.6) is 0 Å². The van der Waals surface area contributed by atoms with Gasteiger partial charge in [-0.2, -0.15) is 11.8 Å². The predicted octanol–water partition coefficient (Wildman–Crippen LogP) is 0.914. The number of aliphatic imine (C=N–C) groups is 1. The number of amides is 1. The summed E-state index contributed by atoms with van der Waals surface area (Å²) in [5.74, 6) is 0.774. The zero-order valence-electron chi connectivity index (χ0n) is 12.4. The van der Waals surface area contributed by atoms with E-state index in [1.165, 1.54) is 25.7 Å². The molecule has 1 aliphatic carbocycles. The second kappa shape index (κ2) is 8.30. The molecule has 0 aliphatic heterocycles. The van der Waals surface area contributed by atoms with E-state index in [-0.39, 0.29) is 12.5 Å². The first-order chi connectivity index (χ1) is 9.06. The van der Waals surface area contributed by atoms with Crippen LogP contribution in [-0.4, -0.2) is 62.0 Å². The average molecular weight is 286 g/mol. The number of thioether (sulfide) groups is 1. The molecule has 0 aromatic heterocycles. The third-order valence-electron chi connectivity index (χ3n) is 3.43. The maximum atomic E-state index is 11.5. The lowest BCUT2D eigenvalue weighted by Gasteiger charge is -2.29. The highest BCUT2D eigenvalue weighted by molar-refractivity contribution is 7.99. The summed E-state index contributed by atoms with van der Waals surface area (Å²) in [6.45, 7) is 0.283. The number of carbonyl (C=O) groups excluding carboxylic acids is 1. The van der Waals surface area contributed by atoms with Gasteiger partial charge in [0.2, 0.25) is 5.91 Å². The van der Waals surface area contributed by atoms with Gasteiger partial charge in [-0.1, -0.05) is 6.42 Å². The molecule has 0 radical (unpaired) electrons. The molecule has 5 nitrogen and oxygen atoms in total. The summed E-state index contributed by atoms with van der Waals surface area (Å²) in [7, 11) is 5.25. The molecule has 0 spiro atoms. The van der Waals surface area contributed by atoms with Crippen LogP contribution in [-0.2, 0) is 4.79 Å². The van der Waals surface area contributed by atoms with Crippen molar-refractivity contribution in [2.75, 3.05) is 33.9 Å². The zero-order chi connectivity index (χ0) is 14.3. The molecule has 0 bridgehead atoms. The van der Waals surface area contributed by atoms with E-state index in [1.54, 1.807) is 26.0 Å². The molecule has 0 heterocycles. The topological polar surface area (TPSA) is 56.7 Å². The number of nitrogens with one attached hydrogen (secondary N) is 2. The molecular formula is C13H26N4OS. The third-order valence-corrected chi connectivity index (χ3v) is 4.52. The number of hydrogen-bond acceptors (Lipinski definition) is 3. The Hall–Kier alpha value is -0.910. The van der Waals surface area contributed by atoms with E-state index in [2.05, 4.69) is 21.9 Å². The lowest BCUT2D eigenvalue weighted by atomic mass is 9.95. The van der Waals surface area contributed by atoms with E-state index in [4.69, 9.17) is 0 Å². The van der Waals surface area contributed by atoms with E-state index in [0.29, 0.717) is 6.04 Å². The van der Waals surface area contributed by atoms with E-state index >= 15 is 0 Å². The van der Waals surface area contributed by atoms with Crippen molar-refractivity contribution in [1.29, 1.82) is 0 Å². The molecule has 2 atom stereocenters. The van der Waals surface area contributed by atoms with E-state index in [9.17, 15) is 4.79 Å². The molecule has 6 heteroatoms. The summed E-state index contributed by atoms with van der Waals surface area (Å²) < 4.78 is 0. The molecule has 2 unspecified atom stereocenters. The Kier molecular flexibility index (Phi) is 7.05. The largest absolute Gasteiger partial charge is 0.354 e. The lowest BCUT2D eigenvalue weighted by Crippen LogP contribution is -2.48. The number of guanidine groups is 1. The van der Waals surface area contributed by atoms with Gasteiger partial charge in [0, 0.05) is 32.4 Å². The first-order valence-corrected chi connectivity index (χ1v) is 8.05.